The highest BCUT2D eigenvalue weighted by Crippen LogP contribution is 2.26. The van der Waals surface area contributed by atoms with Gasteiger partial charge in [-0.3, -0.25) is 0 Å². The molecular formula is C19H21NO. The molecule has 2 heteroatoms. The quantitative estimate of drug-likeness (QED) is 0.914. The van der Waals surface area contributed by atoms with Crippen molar-refractivity contribution in [2.75, 3.05) is 0 Å². The van der Waals surface area contributed by atoms with Gasteiger partial charge in [0.1, 0.15) is 0 Å². The van der Waals surface area contributed by atoms with Crippen molar-refractivity contribution in [1.82, 2.24) is 0 Å². The van der Waals surface area contributed by atoms with E-state index in [0.29, 0.717) is 17.9 Å². The number of nitriles is 1. The van der Waals surface area contributed by atoms with Crippen LogP contribution in [0.4, 0.5) is 0 Å². The first kappa shape index (κ1) is 15.3. The first-order chi connectivity index (χ1) is 9.92. The molecule has 0 saturated carbocycles. The summed E-state index contributed by atoms with van der Waals surface area (Å²) >= 11 is 0. The third-order valence-electron chi connectivity index (χ3n) is 3.81. The number of aliphatic hydroxyl groups is 1. The molecule has 1 N–H and O–H groups in total. The third kappa shape index (κ3) is 3.71. The smallest absolute Gasteiger partial charge is 0.0991 e. The Morgan fingerprint density at radius 1 is 1.14 bits per heavy atom. The van der Waals surface area contributed by atoms with Crippen molar-refractivity contribution in [1.29, 1.82) is 5.26 Å². The number of rotatable bonds is 4. The van der Waals surface area contributed by atoms with Gasteiger partial charge in [-0.1, -0.05) is 50.2 Å². The minimum atomic E-state index is -0.980. The maximum Gasteiger partial charge on any atom is 0.0991 e. The Balaban J connectivity index is 2.22. The SMILES string of the molecule is CC(C)c1ccc(CC(C)(O)c2cccc(C#N)c2)cc1. The van der Waals surface area contributed by atoms with Gasteiger partial charge in [0.25, 0.3) is 0 Å². The highest BCUT2D eigenvalue weighted by Gasteiger charge is 2.23. The van der Waals surface area contributed by atoms with Crippen LogP contribution >= 0.6 is 0 Å². The summed E-state index contributed by atoms with van der Waals surface area (Å²) < 4.78 is 0. The van der Waals surface area contributed by atoms with Gasteiger partial charge in [0, 0.05) is 6.42 Å². The molecular weight excluding hydrogens is 258 g/mol. The van der Waals surface area contributed by atoms with E-state index >= 15 is 0 Å². The minimum absolute atomic E-state index is 0.506. The second-order valence-electron chi connectivity index (χ2n) is 6.04. The molecule has 0 radical (unpaired) electrons. The Kier molecular flexibility index (Phi) is 4.45. The van der Waals surface area contributed by atoms with E-state index in [2.05, 4.69) is 44.2 Å². The highest BCUT2D eigenvalue weighted by molar-refractivity contribution is 5.36. The molecule has 21 heavy (non-hydrogen) atoms. The molecule has 0 aliphatic rings. The van der Waals surface area contributed by atoms with Crippen molar-refractivity contribution in [3.8, 4) is 6.07 Å². The fourth-order valence-corrected chi connectivity index (χ4v) is 2.44. The molecule has 108 valence electrons. The molecule has 0 aliphatic heterocycles. The number of hydrogen-bond acceptors (Lipinski definition) is 2. The van der Waals surface area contributed by atoms with E-state index in [4.69, 9.17) is 5.26 Å². The van der Waals surface area contributed by atoms with E-state index in [1.165, 1.54) is 5.56 Å². The summed E-state index contributed by atoms with van der Waals surface area (Å²) in [6.45, 7) is 6.12. The predicted molar refractivity (Wildman–Crippen MR) is 85.0 cm³/mol. The number of hydrogen-bond donors (Lipinski definition) is 1. The molecule has 2 aromatic carbocycles. The second-order valence-corrected chi connectivity index (χ2v) is 6.04. The Hall–Kier alpha value is -2.11. The number of nitrogens with zero attached hydrogens (tertiary/aromatic N) is 1. The van der Waals surface area contributed by atoms with Crippen LogP contribution in [0, 0.1) is 11.3 Å². The summed E-state index contributed by atoms with van der Waals surface area (Å²) in [5.41, 5.74) is 2.75. The van der Waals surface area contributed by atoms with Gasteiger partial charge in [-0.2, -0.15) is 5.26 Å². The molecule has 2 nitrogen and oxygen atoms in total. The Labute approximate surface area is 126 Å². The number of benzene rings is 2. The van der Waals surface area contributed by atoms with Crippen LogP contribution in [-0.4, -0.2) is 5.11 Å². The average Bonchev–Trinajstić information content (AvgIpc) is 2.47. The fraction of sp³-hybridized carbons (Fsp3) is 0.316. The normalized spacial score (nSPS) is 13.7. The summed E-state index contributed by atoms with van der Waals surface area (Å²) in [6.07, 6.45) is 0.528. The molecule has 2 rings (SSSR count). The van der Waals surface area contributed by atoms with Crippen LogP contribution in [0.2, 0.25) is 0 Å². The lowest BCUT2D eigenvalue weighted by atomic mass is 9.87. The maximum atomic E-state index is 10.7. The van der Waals surface area contributed by atoms with E-state index < -0.39 is 5.60 Å². The van der Waals surface area contributed by atoms with Gasteiger partial charge in [-0.05, 0) is 41.7 Å². The van der Waals surface area contributed by atoms with Crippen LogP contribution in [0.15, 0.2) is 48.5 Å². The molecule has 2 aromatic rings. The highest BCUT2D eigenvalue weighted by atomic mass is 16.3. The monoisotopic (exact) mass is 279 g/mol. The average molecular weight is 279 g/mol. The second kappa shape index (κ2) is 6.11. The van der Waals surface area contributed by atoms with E-state index in [0.717, 1.165) is 11.1 Å². The van der Waals surface area contributed by atoms with Gasteiger partial charge in [-0.15, -0.1) is 0 Å². The van der Waals surface area contributed by atoms with Gasteiger partial charge in [0.2, 0.25) is 0 Å². The van der Waals surface area contributed by atoms with Crippen LogP contribution in [0.1, 0.15) is 48.9 Å². The van der Waals surface area contributed by atoms with Gasteiger partial charge in [0.15, 0.2) is 0 Å². The van der Waals surface area contributed by atoms with Crippen LogP contribution in [-0.2, 0) is 12.0 Å². The van der Waals surface area contributed by atoms with E-state index in [9.17, 15) is 5.11 Å². The molecule has 0 aliphatic carbocycles. The largest absolute Gasteiger partial charge is 0.385 e. The zero-order valence-corrected chi connectivity index (χ0v) is 12.8. The van der Waals surface area contributed by atoms with E-state index in [1.54, 1.807) is 19.1 Å². The molecule has 1 unspecified atom stereocenters. The Morgan fingerprint density at radius 3 is 2.38 bits per heavy atom. The van der Waals surface area contributed by atoms with E-state index in [-0.39, 0.29) is 0 Å². The zero-order valence-electron chi connectivity index (χ0n) is 12.8. The maximum absolute atomic E-state index is 10.7. The van der Waals surface area contributed by atoms with Crippen molar-refractivity contribution in [3.05, 3.63) is 70.8 Å². The van der Waals surface area contributed by atoms with Crippen LogP contribution in [0.25, 0.3) is 0 Å². The summed E-state index contributed by atoms with van der Waals surface area (Å²) in [6, 6.07) is 17.6. The molecule has 0 saturated heterocycles. The lowest BCUT2D eigenvalue weighted by molar-refractivity contribution is 0.0576. The lowest BCUT2D eigenvalue weighted by Crippen LogP contribution is -2.24. The summed E-state index contributed by atoms with van der Waals surface area (Å²) in [7, 11) is 0. The Bertz CT molecular complexity index is 648. The van der Waals surface area contributed by atoms with Gasteiger partial charge < -0.3 is 5.11 Å². The summed E-state index contributed by atoms with van der Waals surface area (Å²) in [5, 5.41) is 19.7. The Morgan fingerprint density at radius 2 is 1.81 bits per heavy atom. The zero-order chi connectivity index (χ0) is 15.5. The summed E-state index contributed by atoms with van der Waals surface area (Å²) in [4.78, 5) is 0. The third-order valence-corrected chi connectivity index (χ3v) is 3.81. The molecule has 1 atom stereocenters. The van der Waals surface area contributed by atoms with Crippen LogP contribution in [0.3, 0.4) is 0 Å². The first-order valence-corrected chi connectivity index (χ1v) is 7.24. The standard InChI is InChI=1S/C19H21NO/c1-14(2)17-9-7-15(8-10-17)12-19(3,21)18-6-4-5-16(11-18)13-20/h4-11,14,21H,12H2,1-3H3. The van der Waals surface area contributed by atoms with Crippen molar-refractivity contribution < 1.29 is 5.11 Å². The van der Waals surface area contributed by atoms with Gasteiger partial charge in [-0.25, -0.2) is 0 Å². The van der Waals surface area contributed by atoms with Crippen molar-refractivity contribution >= 4 is 0 Å². The first-order valence-electron chi connectivity index (χ1n) is 7.24. The molecule has 0 spiro atoms. The fourth-order valence-electron chi connectivity index (χ4n) is 2.44. The van der Waals surface area contributed by atoms with Crippen LogP contribution in [0.5, 0.6) is 0 Å². The molecule has 0 amide bonds. The van der Waals surface area contributed by atoms with Gasteiger partial charge in [0.05, 0.1) is 17.2 Å². The van der Waals surface area contributed by atoms with Crippen molar-refractivity contribution in [2.45, 2.75) is 38.7 Å². The summed E-state index contributed by atoms with van der Waals surface area (Å²) in [5.74, 6) is 0.506. The van der Waals surface area contributed by atoms with Crippen LogP contribution < -0.4 is 0 Å². The van der Waals surface area contributed by atoms with Crippen molar-refractivity contribution in [3.63, 3.8) is 0 Å². The molecule has 0 fully saturated rings. The minimum Gasteiger partial charge on any atom is -0.385 e. The van der Waals surface area contributed by atoms with Gasteiger partial charge >= 0.3 is 0 Å². The predicted octanol–water partition coefficient (Wildman–Crippen LogP) is 4.13. The van der Waals surface area contributed by atoms with Crippen molar-refractivity contribution in [2.24, 2.45) is 0 Å². The lowest BCUT2D eigenvalue weighted by Gasteiger charge is -2.24. The van der Waals surface area contributed by atoms with E-state index in [1.807, 2.05) is 12.1 Å². The molecule has 0 heterocycles. The molecule has 0 aromatic heterocycles. The topological polar surface area (TPSA) is 44.0 Å². The molecule has 0 bridgehead atoms.